The van der Waals surface area contributed by atoms with Crippen molar-refractivity contribution in [2.75, 3.05) is 26.2 Å². The minimum atomic E-state index is -0.947. The molecule has 0 unspecified atom stereocenters. The van der Waals surface area contributed by atoms with Crippen molar-refractivity contribution >= 4 is 34.6 Å². The zero-order valence-electron chi connectivity index (χ0n) is 12.7. The summed E-state index contributed by atoms with van der Waals surface area (Å²) in [5.41, 5.74) is 0.249. The third-order valence-electron chi connectivity index (χ3n) is 4.26. The molecule has 7 heteroatoms. The van der Waals surface area contributed by atoms with E-state index in [-0.39, 0.29) is 17.7 Å². The molecule has 0 aliphatic carbocycles. The Hall–Kier alpha value is -1.51. The van der Waals surface area contributed by atoms with Gasteiger partial charge in [-0.15, -0.1) is 0 Å². The molecule has 2 saturated heterocycles. The molecule has 2 amide bonds. The van der Waals surface area contributed by atoms with E-state index in [1.165, 1.54) is 0 Å². The Morgan fingerprint density at radius 3 is 2.57 bits per heavy atom. The fraction of sp³-hybridized carbons (Fsp3) is 0.500. The summed E-state index contributed by atoms with van der Waals surface area (Å²) in [6, 6.07) is 4.95. The molecule has 6 nitrogen and oxygen atoms in total. The van der Waals surface area contributed by atoms with Crippen LogP contribution in [0.3, 0.4) is 0 Å². The van der Waals surface area contributed by atoms with Gasteiger partial charge < -0.3 is 19.6 Å². The van der Waals surface area contributed by atoms with E-state index in [0.717, 1.165) is 35.9 Å². The Labute approximate surface area is 148 Å². The van der Waals surface area contributed by atoms with Gasteiger partial charge in [0.05, 0.1) is 15.7 Å². The zero-order chi connectivity index (χ0) is 16.4. The summed E-state index contributed by atoms with van der Waals surface area (Å²) in [6.45, 7) is 3.01. The zero-order valence-corrected chi connectivity index (χ0v) is 14.9. The smallest absolute Gasteiger partial charge is 0.335 e. The molecular weight excluding hydrogens is 411 g/mol. The average Bonchev–Trinajstić information content (AvgIpc) is 3.19. The molecule has 0 aromatic heterocycles. The standard InChI is InChI=1S/C16H19IN2O4/c17-13-9-11(15(20)21)3-4-14(13)23-12-5-8-19(10-12)16(22)18-6-1-2-7-18/h3-4,9,12H,1-2,5-8,10H2,(H,20,21)/t12-/m0/s1. The Bertz CT molecular complexity index is 616. The van der Waals surface area contributed by atoms with E-state index >= 15 is 0 Å². The molecule has 2 aliphatic rings. The Morgan fingerprint density at radius 1 is 1.17 bits per heavy atom. The number of rotatable bonds is 3. The Morgan fingerprint density at radius 2 is 1.91 bits per heavy atom. The molecule has 3 rings (SSSR count). The van der Waals surface area contributed by atoms with Crippen LogP contribution in [0.2, 0.25) is 0 Å². The number of ether oxygens (including phenoxy) is 1. The number of halogens is 1. The SMILES string of the molecule is O=C(O)c1ccc(O[C@H]2CCN(C(=O)N3CCCC3)C2)c(I)c1. The third kappa shape index (κ3) is 3.70. The van der Waals surface area contributed by atoms with Gasteiger partial charge in [-0.1, -0.05) is 0 Å². The minimum Gasteiger partial charge on any atom is -0.487 e. The van der Waals surface area contributed by atoms with E-state index in [1.54, 1.807) is 18.2 Å². The number of likely N-dealkylation sites (tertiary alicyclic amines) is 2. The average molecular weight is 430 g/mol. The van der Waals surface area contributed by atoms with Gasteiger partial charge in [0, 0.05) is 26.1 Å². The van der Waals surface area contributed by atoms with Gasteiger partial charge in [-0.2, -0.15) is 0 Å². The molecule has 1 aromatic carbocycles. The number of carbonyl (C=O) groups is 2. The molecule has 124 valence electrons. The van der Waals surface area contributed by atoms with Crippen molar-refractivity contribution in [3.8, 4) is 5.75 Å². The number of benzene rings is 1. The number of urea groups is 1. The van der Waals surface area contributed by atoms with Crippen molar-refractivity contribution in [1.82, 2.24) is 9.80 Å². The minimum absolute atomic E-state index is 0.0363. The predicted molar refractivity (Wildman–Crippen MR) is 92.9 cm³/mol. The third-order valence-corrected chi connectivity index (χ3v) is 5.11. The number of carboxylic acids is 1. The van der Waals surface area contributed by atoms with Gasteiger partial charge in [0.1, 0.15) is 11.9 Å². The molecule has 1 aromatic rings. The number of aromatic carboxylic acids is 1. The maximum atomic E-state index is 12.4. The molecule has 2 heterocycles. The summed E-state index contributed by atoms with van der Waals surface area (Å²) in [4.78, 5) is 27.1. The topological polar surface area (TPSA) is 70.1 Å². The molecule has 2 aliphatic heterocycles. The summed E-state index contributed by atoms with van der Waals surface area (Å²) in [7, 11) is 0. The Balaban J connectivity index is 1.59. The fourth-order valence-electron chi connectivity index (χ4n) is 3.02. The quantitative estimate of drug-likeness (QED) is 0.749. The summed E-state index contributed by atoms with van der Waals surface area (Å²) < 4.78 is 6.74. The second-order valence-corrected chi connectivity index (χ2v) is 7.06. The maximum Gasteiger partial charge on any atom is 0.335 e. The molecular formula is C16H19IN2O4. The lowest BCUT2D eigenvalue weighted by atomic mass is 10.2. The molecule has 2 fully saturated rings. The van der Waals surface area contributed by atoms with Crippen LogP contribution in [0.5, 0.6) is 5.75 Å². The van der Waals surface area contributed by atoms with Crippen molar-refractivity contribution in [3.05, 3.63) is 27.3 Å². The van der Waals surface area contributed by atoms with Gasteiger partial charge in [-0.05, 0) is 53.6 Å². The van der Waals surface area contributed by atoms with Gasteiger partial charge in [0.25, 0.3) is 0 Å². The van der Waals surface area contributed by atoms with E-state index in [4.69, 9.17) is 9.84 Å². The van der Waals surface area contributed by atoms with Crippen molar-refractivity contribution < 1.29 is 19.4 Å². The lowest BCUT2D eigenvalue weighted by Gasteiger charge is -2.24. The summed E-state index contributed by atoms with van der Waals surface area (Å²) in [5.74, 6) is -0.270. The fourth-order valence-corrected chi connectivity index (χ4v) is 3.66. The largest absolute Gasteiger partial charge is 0.487 e. The number of amides is 2. The monoisotopic (exact) mass is 430 g/mol. The van der Waals surface area contributed by atoms with E-state index < -0.39 is 5.97 Å². The van der Waals surface area contributed by atoms with Gasteiger partial charge in [-0.3, -0.25) is 0 Å². The molecule has 0 radical (unpaired) electrons. The summed E-state index contributed by atoms with van der Waals surface area (Å²) in [5, 5.41) is 8.99. The molecule has 0 bridgehead atoms. The summed E-state index contributed by atoms with van der Waals surface area (Å²) in [6.07, 6.45) is 2.95. The van der Waals surface area contributed by atoms with E-state index in [1.807, 2.05) is 9.80 Å². The molecule has 0 saturated carbocycles. The molecule has 1 N–H and O–H groups in total. The first-order chi connectivity index (χ1) is 11.0. The number of hydrogen-bond donors (Lipinski definition) is 1. The van der Waals surface area contributed by atoms with Crippen LogP contribution >= 0.6 is 22.6 Å². The van der Waals surface area contributed by atoms with Crippen LogP contribution in [0.25, 0.3) is 0 Å². The van der Waals surface area contributed by atoms with E-state index in [0.29, 0.717) is 18.8 Å². The number of hydrogen-bond acceptors (Lipinski definition) is 3. The number of carbonyl (C=O) groups excluding carboxylic acids is 1. The van der Waals surface area contributed by atoms with E-state index in [2.05, 4.69) is 22.6 Å². The second kappa shape index (κ2) is 6.94. The van der Waals surface area contributed by atoms with Crippen LogP contribution in [-0.4, -0.2) is 59.2 Å². The normalized spacial score (nSPS) is 20.8. The van der Waals surface area contributed by atoms with Crippen LogP contribution in [-0.2, 0) is 0 Å². The van der Waals surface area contributed by atoms with Crippen molar-refractivity contribution in [3.63, 3.8) is 0 Å². The number of nitrogens with zero attached hydrogens (tertiary/aromatic N) is 2. The molecule has 0 spiro atoms. The summed E-state index contributed by atoms with van der Waals surface area (Å²) >= 11 is 2.08. The van der Waals surface area contributed by atoms with Crippen LogP contribution in [0.15, 0.2) is 18.2 Å². The highest BCUT2D eigenvalue weighted by Gasteiger charge is 2.31. The first kappa shape index (κ1) is 16.4. The molecule has 23 heavy (non-hydrogen) atoms. The van der Waals surface area contributed by atoms with Crippen LogP contribution in [0, 0.1) is 3.57 Å². The highest BCUT2D eigenvalue weighted by molar-refractivity contribution is 14.1. The van der Waals surface area contributed by atoms with Crippen LogP contribution < -0.4 is 4.74 Å². The van der Waals surface area contributed by atoms with Crippen LogP contribution in [0.4, 0.5) is 4.79 Å². The van der Waals surface area contributed by atoms with Gasteiger partial charge >= 0.3 is 12.0 Å². The van der Waals surface area contributed by atoms with Gasteiger partial charge in [0.2, 0.25) is 0 Å². The highest BCUT2D eigenvalue weighted by atomic mass is 127. The maximum absolute atomic E-state index is 12.4. The first-order valence-corrected chi connectivity index (χ1v) is 8.86. The predicted octanol–water partition coefficient (Wildman–Crippen LogP) is 2.66. The Kier molecular flexibility index (Phi) is 4.93. The molecule has 1 atom stereocenters. The van der Waals surface area contributed by atoms with Gasteiger partial charge in [0.15, 0.2) is 0 Å². The number of carboxylic acid groups (broad SMARTS) is 1. The highest BCUT2D eigenvalue weighted by Crippen LogP contribution is 2.26. The van der Waals surface area contributed by atoms with Gasteiger partial charge in [-0.25, -0.2) is 9.59 Å². The lowest BCUT2D eigenvalue weighted by molar-refractivity contribution is 0.0696. The van der Waals surface area contributed by atoms with Crippen molar-refractivity contribution in [1.29, 1.82) is 0 Å². The van der Waals surface area contributed by atoms with Crippen molar-refractivity contribution in [2.24, 2.45) is 0 Å². The second-order valence-electron chi connectivity index (χ2n) is 5.90. The lowest BCUT2D eigenvalue weighted by Crippen LogP contribution is -2.41. The van der Waals surface area contributed by atoms with Crippen molar-refractivity contribution in [2.45, 2.75) is 25.4 Å². The first-order valence-electron chi connectivity index (χ1n) is 7.78. The van der Waals surface area contributed by atoms with E-state index in [9.17, 15) is 9.59 Å². The van der Waals surface area contributed by atoms with Crippen LogP contribution in [0.1, 0.15) is 29.6 Å².